The molecule has 0 atom stereocenters. The maximum atomic E-state index is 4.25. The van der Waals surface area contributed by atoms with Crippen molar-refractivity contribution < 1.29 is 0 Å². The van der Waals surface area contributed by atoms with Gasteiger partial charge < -0.3 is 9.13 Å². The van der Waals surface area contributed by atoms with E-state index in [0.717, 1.165) is 39.1 Å². The largest absolute Gasteiger partial charge is 0.309 e. The zero-order valence-electron chi connectivity index (χ0n) is 27.6. The lowest BCUT2D eigenvalue weighted by atomic mass is 10.00. The van der Waals surface area contributed by atoms with E-state index in [1.807, 2.05) is 12.2 Å². The highest BCUT2D eigenvalue weighted by atomic mass is 15.0. The van der Waals surface area contributed by atoms with Crippen molar-refractivity contribution in [1.82, 2.24) is 9.13 Å². The summed E-state index contributed by atoms with van der Waals surface area (Å²) < 4.78 is 4.71. The molecular formula is C48H34N2. The molecule has 2 aromatic heterocycles. The van der Waals surface area contributed by atoms with Crippen LogP contribution in [0, 0.1) is 0 Å². The van der Waals surface area contributed by atoms with Crippen molar-refractivity contribution in [2.24, 2.45) is 0 Å². The van der Waals surface area contributed by atoms with Gasteiger partial charge in [-0.3, -0.25) is 0 Å². The highest BCUT2D eigenvalue weighted by molar-refractivity contribution is 6.11. The summed E-state index contributed by atoms with van der Waals surface area (Å²) in [5.41, 5.74) is 15.0. The van der Waals surface area contributed by atoms with Crippen LogP contribution < -0.4 is 0 Å². The zero-order chi connectivity index (χ0) is 33.6. The number of para-hydroxylation sites is 2. The van der Waals surface area contributed by atoms with Gasteiger partial charge in [-0.25, -0.2) is 0 Å². The summed E-state index contributed by atoms with van der Waals surface area (Å²) in [5, 5.41) is 3.61. The molecule has 0 saturated carbocycles. The minimum absolute atomic E-state index is 1.03. The van der Waals surface area contributed by atoms with E-state index in [0.29, 0.717) is 0 Å². The van der Waals surface area contributed by atoms with E-state index >= 15 is 0 Å². The van der Waals surface area contributed by atoms with E-state index in [4.69, 9.17) is 0 Å². The molecule has 7 aromatic carbocycles. The Kier molecular flexibility index (Phi) is 7.14. The van der Waals surface area contributed by atoms with Gasteiger partial charge in [0.05, 0.1) is 27.9 Å². The maximum absolute atomic E-state index is 4.25. The maximum Gasteiger partial charge on any atom is 0.0541 e. The summed E-state index contributed by atoms with van der Waals surface area (Å²) in [5.74, 6) is 0. The van der Waals surface area contributed by atoms with E-state index in [1.165, 1.54) is 49.6 Å². The monoisotopic (exact) mass is 638 g/mol. The van der Waals surface area contributed by atoms with Gasteiger partial charge in [0.2, 0.25) is 0 Å². The van der Waals surface area contributed by atoms with Crippen LogP contribution in [0.1, 0.15) is 11.3 Å². The third-order valence-electron chi connectivity index (χ3n) is 9.89. The Labute approximate surface area is 292 Å². The molecule has 2 heterocycles. The standard InChI is InChI=1S/C48H34N2/c1-3-39-42-31-36(27-29-48(42)50(44(39)4-2)45-24-13-11-22-40(45)34-18-9-6-10-19-34)37-26-28-47-43(32-37)41-23-12-14-25-46(41)49(47)38-21-15-20-35(30-38)33-16-7-5-8-17-33/h3-32H,1-2H2. The zero-order valence-corrected chi connectivity index (χ0v) is 27.6. The molecule has 9 rings (SSSR count). The first kappa shape index (κ1) is 29.5. The Morgan fingerprint density at radius 2 is 0.960 bits per heavy atom. The highest BCUT2D eigenvalue weighted by Gasteiger charge is 2.19. The molecular weight excluding hydrogens is 605 g/mol. The molecule has 0 aliphatic rings. The van der Waals surface area contributed by atoms with Gasteiger partial charge in [0.15, 0.2) is 0 Å². The second-order valence-corrected chi connectivity index (χ2v) is 12.7. The van der Waals surface area contributed by atoms with Crippen molar-refractivity contribution in [3.8, 4) is 44.8 Å². The summed E-state index contributed by atoms with van der Waals surface area (Å²) >= 11 is 0. The summed E-state index contributed by atoms with van der Waals surface area (Å²) in [6, 6.07) is 61.0. The quantitative estimate of drug-likeness (QED) is 0.164. The van der Waals surface area contributed by atoms with Crippen LogP contribution in [-0.2, 0) is 0 Å². The molecule has 0 bridgehead atoms. The Hall–Kier alpha value is -6.64. The van der Waals surface area contributed by atoms with Gasteiger partial charge in [-0.2, -0.15) is 0 Å². The number of aromatic nitrogens is 2. The van der Waals surface area contributed by atoms with Gasteiger partial charge in [0.25, 0.3) is 0 Å². The van der Waals surface area contributed by atoms with Crippen LogP contribution in [0.3, 0.4) is 0 Å². The number of benzene rings is 7. The van der Waals surface area contributed by atoms with Crippen LogP contribution in [0.5, 0.6) is 0 Å². The summed E-state index contributed by atoms with van der Waals surface area (Å²) in [6.07, 6.45) is 3.91. The van der Waals surface area contributed by atoms with E-state index in [-0.39, 0.29) is 0 Å². The Bertz CT molecular complexity index is 2720. The minimum Gasteiger partial charge on any atom is -0.309 e. The van der Waals surface area contributed by atoms with Crippen LogP contribution in [-0.4, -0.2) is 9.13 Å². The molecule has 0 saturated heterocycles. The van der Waals surface area contributed by atoms with Crippen LogP contribution in [0.25, 0.3) is 89.6 Å². The van der Waals surface area contributed by atoms with Crippen molar-refractivity contribution in [2.75, 3.05) is 0 Å². The van der Waals surface area contributed by atoms with Gasteiger partial charge in [0, 0.05) is 33.0 Å². The Morgan fingerprint density at radius 1 is 0.380 bits per heavy atom. The molecule has 236 valence electrons. The third-order valence-corrected chi connectivity index (χ3v) is 9.89. The van der Waals surface area contributed by atoms with Crippen molar-refractivity contribution in [1.29, 1.82) is 0 Å². The Balaban J connectivity index is 1.21. The van der Waals surface area contributed by atoms with Crippen LogP contribution in [0.15, 0.2) is 183 Å². The lowest BCUT2D eigenvalue weighted by molar-refractivity contribution is 1.11. The Morgan fingerprint density at radius 3 is 1.70 bits per heavy atom. The number of fused-ring (bicyclic) bond motifs is 4. The molecule has 50 heavy (non-hydrogen) atoms. The van der Waals surface area contributed by atoms with Gasteiger partial charge in [-0.1, -0.05) is 141 Å². The van der Waals surface area contributed by atoms with Gasteiger partial charge in [-0.15, -0.1) is 0 Å². The summed E-state index contributed by atoms with van der Waals surface area (Å²) in [4.78, 5) is 0. The predicted octanol–water partition coefficient (Wildman–Crippen LogP) is 13.0. The first-order chi connectivity index (χ1) is 24.7. The summed E-state index contributed by atoms with van der Waals surface area (Å²) in [6.45, 7) is 8.49. The van der Waals surface area contributed by atoms with Crippen LogP contribution in [0.4, 0.5) is 0 Å². The van der Waals surface area contributed by atoms with Crippen molar-refractivity contribution in [2.45, 2.75) is 0 Å². The normalized spacial score (nSPS) is 11.4. The molecule has 0 N–H and O–H groups in total. The van der Waals surface area contributed by atoms with E-state index in [2.05, 4.69) is 192 Å². The first-order valence-corrected chi connectivity index (χ1v) is 17.0. The molecule has 0 radical (unpaired) electrons. The second-order valence-electron chi connectivity index (χ2n) is 12.7. The number of nitrogens with zero attached hydrogens (tertiary/aromatic N) is 2. The lowest BCUT2D eigenvalue weighted by Gasteiger charge is -2.15. The van der Waals surface area contributed by atoms with E-state index in [9.17, 15) is 0 Å². The number of hydrogen-bond donors (Lipinski definition) is 0. The number of hydrogen-bond acceptors (Lipinski definition) is 0. The molecule has 0 fully saturated rings. The molecule has 0 unspecified atom stereocenters. The van der Waals surface area contributed by atoms with Crippen molar-refractivity contribution in [3.63, 3.8) is 0 Å². The second kappa shape index (κ2) is 12.1. The molecule has 0 amide bonds. The van der Waals surface area contributed by atoms with Crippen LogP contribution >= 0.6 is 0 Å². The molecule has 0 aliphatic heterocycles. The number of rotatable bonds is 7. The summed E-state index contributed by atoms with van der Waals surface area (Å²) in [7, 11) is 0. The van der Waals surface area contributed by atoms with E-state index < -0.39 is 0 Å². The van der Waals surface area contributed by atoms with Gasteiger partial charge in [0.1, 0.15) is 0 Å². The SMILES string of the molecule is C=Cc1c(C=C)n(-c2ccccc2-c2ccccc2)c2ccc(-c3ccc4c(c3)c3ccccc3n4-c3cccc(-c4ccccc4)c3)cc12. The predicted molar refractivity (Wildman–Crippen MR) is 214 cm³/mol. The smallest absolute Gasteiger partial charge is 0.0541 e. The fourth-order valence-electron chi connectivity index (χ4n) is 7.61. The van der Waals surface area contributed by atoms with Crippen LogP contribution in [0.2, 0.25) is 0 Å². The van der Waals surface area contributed by atoms with Gasteiger partial charge in [-0.05, 0) is 82.4 Å². The minimum atomic E-state index is 1.03. The van der Waals surface area contributed by atoms with Gasteiger partial charge >= 0.3 is 0 Å². The lowest BCUT2D eigenvalue weighted by Crippen LogP contribution is -1.99. The molecule has 2 heteroatoms. The van der Waals surface area contributed by atoms with E-state index in [1.54, 1.807) is 0 Å². The topological polar surface area (TPSA) is 9.86 Å². The fraction of sp³-hybridized carbons (Fsp3) is 0. The third kappa shape index (κ3) is 4.73. The molecule has 0 spiro atoms. The average molecular weight is 639 g/mol. The fourth-order valence-corrected chi connectivity index (χ4v) is 7.61. The molecule has 0 aliphatic carbocycles. The van der Waals surface area contributed by atoms with Crippen molar-refractivity contribution >= 4 is 44.9 Å². The first-order valence-electron chi connectivity index (χ1n) is 17.0. The molecule has 9 aromatic rings. The molecule has 2 nitrogen and oxygen atoms in total. The van der Waals surface area contributed by atoms with Crippen molar-refractivity contribution in [3.05, 3.63) is 194 Å². The average Bonchev–Trinajstić information content (AvgIpc) is 3.70. The highest BCUT2D eigenvalue weighted by Crippen LogP contribution is 2.40.